The molecule has 1 saturated heterocycles. The van der Waals surface area contributed by atoms with E-state index in [1.54, 1.807) is 0 Å². The van der Waals surface area contributed by atoms with Crippen LogP contribution in [0, 0.1) is 5.92 Å². The smallest absolute Gasteiger partial charge is 0.239 e. The van der Waals surface area contributed by atoms with Crippen LogP contribution < -0.4 is 16.2 Å². The predicted octanol–water partition coefficient (Wildman–Crippen LogP) is 1.98. The number of fused-ring (bicyclic) bond motifs is 1. The van der Waals surface area contributed by atoms with E-state index < -0.39 is 0 Å². The van der Waals surface area contributed by atoms with Gasteiger partial charge in [0, 0.05) is 16.7 Å². The lowest BCUT2D eigenvalue weighted by molar-refractivity contribution is -0.123. The van der Waals surface area contributed by atoms with Crippen LogP contribution in [-0.2, 0) is 4.79 Å². The number of hydrogen-bond acceptors (Lipinski definition) is 4. The third-order valence-corrected chi connectivity index (χ3v) is 5.84. The van der Waals surface area contributed by atoms with Crippen LogP contribution in [0.4, 0.5) is 0 Å². The van der Waals surface area contributed by atoms with Gasteiger partial charge in [-0.25, -0.2) is 5.43 Å². The van der Waals surface area contributed by atoms with Crippen LogP contribution in [-0.4, -0.2) is 23.7 Å². The summed E-state index contributed by atoms with van der Waals surface area (Å²) in [5.41, 5.74) is 7.74. The Labute approximate surface area is 129 Å². The molecular weight excluding hydrogens is 282 g/mol. The summed E-state index contributed by atoms with van der Waals surface area (Å²) in [5.74, 6) is 1.99. The maximum Gasteiger partial charge on any atom is 0.239 e. The highest BCUT2D eigenvalue weighted by molar-refractivity contribution is 7.99. The molecule has 4 nitrogen and oxygen atoms in total. The Bertz CT molecular complexity index is 546. The summed E-state index contributed by atoms with van der Waals surface area (Å²) in [6.45, 7) is 0. The molecule has 1 aromatic rings. The van der Waals surface area contributed by atoms with Crippen molar-refractivity contribution in [2.45, 2.75) is 48.7 Å². The van der Waals surface area contributed by atoms with E-state index in [9.17, 15) is 4.79 Å². The molecule has 21 heavy (non-hydrogen) atoms. The molecule has 1 aromatic carbocycles. The van der Waals surface area contributed by atoms with Crippen molar-refractivity contribution in [2.24, 2.45) is 5.92 Å². The zero-order valence-electron chi connectivity index (χ0n) is 12.0. The van der Waals surface area contributed by atoms with Gasteiger partial charge >= 0.3 is 0 Å². The molecule has 2 fully saturated rings. The van der Waals surface area contributed by atoms with Crippen LogP contribution in [0.15, 0.2) is 29.2 Å². The predicted molar refractivity (Wildman–Crippen MR) is 83.9 cm³/mol. The van der Waals surface area contributed by atoms with Crippen LogP contribution in [0.3, 0.4) is 0 Å². The number of hydrogen-bond donors (Lipinski definition) is 3. The van der Waals surface area contributed by atoms with Crippen molar-refractivity contribution in [3.63, 3.8) is 0 Å². The van der Waals surface area contributed by atoms with Gasteiger partial charge in [-0.15, -0.1) is 11.8 Å². The molecule has 3 atom stereocenters. The monoisotopic (exact) mass is 303 g/mol. The Morgan fingerprint density at radius 3 is 2.90 bits per heavy atom. The fourth-order valence-electron chi connectivity index (χ4n) is 3.33. The summed E-state index contributed by atoms with van der Waals surface area (Å²) >= 11 is 1.89. The Morgan fingerprint density at radius 1 is 1.19 bits per heavy atom. The lowest BCUT2D eigenvalue weighted by atomic mass is 10.0. The first-order chi connectivity index (χ1) is 10.3. The van der Waals surface area contributed by atoms with Crippen molar-refractivity contribution in [3.8, 4) is 0 Å². The molecule has 2 aliphatic heterocycles. The zero-order valence-corrected chi connectivity index (χ0v) is 12.8. The van der Waals surface area contributed by atoms with E-state index in [0.29, 0.717) is 6.04 Å². The molecule has 0 bridgehead atoms. The normalized spacial score (nSPS) is 31.7. The Hall–Kier alpha value is -1.04. The topological polar surface area (TPSA) is 53.2 Å². The highest BCUT2D eigenvalue weighted by atomic mass is 32.2. The number of thioether (sulfide) groups is 1. The maximum absolute atomic E-state index is 12.5. The summed E-state index contributed by atoms with van der Waals surface area (Å²) in [4.78, 5) is 13.8. The second-order valence-corrected chi connectivity index (χ2v) is 7.39. The van der Waals surface area contributed by atoms with E-state index in [1.165, 1.54) is 23.3 Å². The van der Waals surface area contributed by atoms with Crippen molar-refractivity contribution in [2.75, 3.05) is 5.75 Å². The fraction of sp³-hybridized carbons (Fsp3) is 0.562. The summed E-state index contributed by atoms with van der Waals surface area (Å²) < 4.78 is 0. The summed E-state index contributed by atoms with van der Waals surface area (Å²) in [5, 5.41) is 3.24. The first kappa shape index (κ1) is 13.6. The van der Waals surface area contributed by atoms with Crippen LogP contribution in [0.2, 0.25) is 0 Å². The number of hydrazine groups is 1. The number of carbonyl (C=O) groups excluding carboxylic acids is 1. The number of rotatable bonds is 3. The van der Waals surface area contributed by atoms with Gasteiger partial charge in [0.1, 0.15) is 6.04 Å². The average Bonchev–Trinajstić information content (AvgIpc) is 3.25. The number of amides is 1. The van der Waals surface area contributed by atoms with Crippen LogP contribution in [0.1, 0.15) is 37.3 Å². The molecule has 3 unspecified atom stereocenters. The van der Waals surface area contributed by atoms with Gasteiger partial charge < -0.3 is 5.32 Å². The van der Waals surface area contributed by atoms with Crippen LogP contribution >= 0.6 is 11.8 Å². The van der Waals surface area contributed by atoms with Crippen molar-refractivity contribution >= 4 is 17.7 Å². The molecule has 1 aliphatic carbocycles. The largest absolute Gasteiger partial charge is 0.348 e. The molecule has 4 rings (SSSR count). The first-order valence-corrected chi connectivity index (χ1v) is 8.83. The Kier molecular flexibility index (Phi) is 3.65. The molecule has 112 valence electrons. The molecule has 0 aromatic heterocycles. The minimum absolute atomic E-state index is 0.0858. The molecule has 1 amide bonds. The van der Waals surface area contributed by atoms with Crippen molar-refractivity contribution in [1.29, 1.82) is 0 Å². The average molecular weight is 303 g/mol. The maximum atomic E-state index is 12.5. The van der Waals surface area contributed by atoms with Crippen molar-refractivity contribution in [3.05, 3.63) is 29.8 Å². The van der Waals surface area contributed by atoms with E-state index in [4.69, 9.17) is 0 Å². The molecule has 1 saturated carbocycles. The SMILES string of the molecule is O=C(NC1CCSc2ccccc21)C1CC(C2CC2)NN1. The van der Waals surface area contributed by atoms with E-state index in [1.807, 2.05) is 11.8 Å². The van der Waals surface area contributed by atoms with Gasteiger partial charge in [-0.3, -0.25) is 10.2 Å². The van der Waals surface area contributed by atoms with Crippen LogP contribution in [0.5, 0.6) is 0 Å². The van der Waals surface area contributed by atoms with E-state index in [-0.39, 0.29) is 18.0 Å². The van der Waals surface area contributed by atoms with Gasteiger partial charge in [0.05, 0.1) is 6.04 Å². The van der Waals surface area contributed by atoms with E-state index in [0.717, 1.165) is 24.5 Å². The van der Waals surface area contributed by atoms with Gasteiger partial charge in [0.25, 0.3) is 0 Å². The first-order valence-electron chi connectivity index (χ1n) is 7.84. The minimum Gasteiger partial charge on any atom is -0.348 e. The van der Waals surface area contributed by atoms with Crippen LogP contribution in [0.25, 0.3) is 0 Å². The van der Waals surface area contributed by atoms with E-state index >= 15 is 0 Å². The fourth-order valence-corrected chi connectivity index (χ4v) is 4.45. The molecule has 0 spiro atoms. The van der Waals surface area contributed by atoms with Gasteiger partial charge in [-0.2, -0.15) is 0 Å². The zero-order chi connectivity index (χ0) is 14.2. The quantitative estimate of drug-likeness (QED) is 0.799. The van der Waals surface area contributed by atoms with Gasteiger partial charge in [-0.1, -0.05) is 18.2 Å². The minimum atomic E-state index is -0.0858. The third kappa shape index (κ3) is 2.82. The van der Waals surface area contributed by atoms with Crippen molar-refractivity contribution in [1.82, 2.24) is 16.2 Å². The highest BCUT2D eigenvalue weighted by Crippen LogP contribution is 2.37. The van der Waals surface area contributed by atoms with E-state index in [2.05, 4.69) is 40.4 Å². The second kappa shape index (κ2) is 5.63. The van der Waals surface area contributed by atoms with Crippen molar-refractivity contribution < 1.29 is 4.79 Å². The lowest BCUT2D eigenvalue weighted by Crippen LogP contribution is -2.45. The molecule has 3 N–H and O–H groups in total. The van der Waals surface area contributed by atoms with Gasteiger partial charge in [0.2, 0.25) is 5.91 Å². The molecule has 5 heteroatoms. The summed E-state index contributed by atoms with van der Waals surface area (Å²) in [6.07, 6.45) is 4.54. The molecular formula is C16H21N3OS. The summed E-state index contributed by atoms with van der Waals surface area (Å²) in [7, 11) is 0. The molecule has 2 heterocycles. The second-order valence-electron chi connectivity index (χ2n) is 6.26. The standard InChI is InChI=1S/C16H21N3OS/c20-16(14-9-13(18-19-14)10-5-6-10)17-12-7-8-21-15-4-2-1-3-11(12)15/h1-4,10,12-14,18-19H,5-9H2,(H,17,20). The number of benzene rings is 1. The highest BCUT2D eigenvalue weighted by Gasteiger charge is 2.39. The lowest BCUT2D eigenvalue weighted by Gasteiger charge is -2.26. The number of nitrogens with one attached hydrogen (secondary N) is 3. The third-order valence-electron chi connectivity index (χ3n) is 4.72. The van der Waals surface area contributed by atoms with Gasteiger partial charge in [0.15, 0.2) is 0 Å². The van der Waals surface area contributed by atoms with Gasteiger partial charge in [-0.05, 0) is 43.2 Å². The Morgan fingerprint density at radius 2 is 2.05 bits per heavy atom. The summed E-state index contributed by atoms with van der Waals surface area (Å²) in [6, 6.07) is 8.97. The number of carbonyl (C=O) groups is 1. The molecule has 3 aliphatic rings. The Balaban J connectivity index is 1.41. The molecule has 0 radical (unpaired) electrons.